The molecule has 0 amide bonds. The van der Waals surface area contributed by atoms with Gasteiger partial charge in [0.1, 0.15) is 5.52 Å². The first-order valence-electron chi connectivity index (χ1n) is 9.25. The predicted octanol–water partition coefficient (Wildman–Crippen LogP) is 3.68. The highest BCUT2D eigenvalue weighted by Gasteiger charge is 2.15. The van der Waals surface area contributed by atoms with Gasteiger partial charge in [-0.1, -0.05) is 34.1 Å². The van der Waals surface area contributed by atoms with Gasteiger partial charge in [0.15, 0.2) is 11.5 Å². The number of rotatable bonds is 6. The van der Waals surface area contributed by atoms with Crippen molar-refractivity contribution in [2.75, 3.05) is 14.2 Å². The number of nitrogens with zero attached hydrogens (tertiary/aromatic N) is 3. The van der Waals surface area contributed by atoms with Crippen LogP contribution in [0.5, 0.6) is 11.5 Å². The third-order valence-corrected chi connectivity index (χ3v) is 5.38. The summed E-state index contributed by atoms with van der Waals surface area (Å²) in [5, 5.41) is 15.2. The molecule has 2 aromatic heterocycles. The number of aliphatic hydroxyl groups excluding tert-OH is 1. The minimum atomic E-state index is -0.891. The van der Waals surface area contributed by atoms with Gasteiger partial charge in [-0.05, 0) is 35.9 Å². The Balaban J connectivity index is 1.65. The van der Waals surface area contributed by atoms with Crippen molar-refractivity contribution in [3.8, 4) is 22.8 Å². The van der Waals surface area contributed by atoms with E-state index < -0.39 is 6.10 Å². The predicted molar refractivity (Wildman–Crippen MR) is 117 cm³/mol. The van der Waals surface area contributed by atoms with E-state index in [0.29, 0.717) is 28.3 Å². The van der Waals surface area contributed by atoms with Gasteiger partial charge in [-0.2, -0.15) is 5.10 Å². The maximum atomic E-state index is 13.0. The van der Waals surface area contributed by atoms with Gasteiger partial charge in [0, 0.05) is 22.4 Å². The van der Waals surface area contributed by atoms with Crippen molar-refractivity contribution >= 4 is 21.4 Å². The van der Waals surface area contributed by atoms with Crippen molar-refractivity contribution in [2.24, 2.45) is 0 Å². The Kier molecular flexibility index (Phi) is 5.61. The van der Waals surface area contributed by atoms with Gasteiger partial charge in [0.2, 0.25) is 0 Å². The molecule has 7 nitrogen and oxygen atoms in total. The van der Waals surface area contributed by atoms with Crippen molar-refractivity contribution in [1.29, 1.82) is 0 Å². The quantitative estimate of drug-likeness (QED) is 0.465. The zero-order valence-corrected chi connectivity index (χ0v) is 18.0. The molecule has 1 N–H and O–H groups in total. The van der Waals surface area contributed by atoms with Gasteiger partial charge >= 0.3 is 0 Å². The highest BCUT2D eigenvalue weighted by atomic mass is 79.9. The van der Waals surface area contributed by atoms with Crippen molar-refractivity contribution in [3.05, 3.63) is 81.3 Å². The van der Waals surface area contributed by atoms with Crippen molar-refractivity contribution in [2.45, 2.75) is 12.6 Å². The maximum Gasteiger partial charge on any atom is 0.276 e. The van der Waals surface area contributed by atoms with Gasteiger partial charge in [0.25, 0.3) is 5.56 Å². The van der Waals surface area contributed by atoms with Crippen LogP contribution < -0.4 is 15.0 Å². The molecule has 0 fully saturated rings. The van der Waals surface area contributed by atoms with Crippen LogP contribution in [0.4, 0.5) is 0 Å². The van der Waals surface area contributed by atoms with Crippen LogP contribution in [0.1, 0.15) is 11.7 Å². The largest absolute Gasteiger partial charge is 0.493 e. The molecule has 30 heavy (non-hydrogen) atoms. The minimum absolute atomic E-state index is 0.0994. The van der Waals surface area contributed by atoms with Crippen LogP contribution in [0.2, 0.25) is 0 Å². The highest BCUT2D eigenvalue weighted by Crippen LogP contribution is 2.30. The number of benzene rings is 2. The SMILES string of the molecule is COc1ccc([C@H](O)Cn2ccn3nc(-c4cccc(Br)c4)cc3c2=O)cc1OC. The minimum Gasteiger partial charge on any atom is -0.493 e. The summed E-state index contributed by atoms with van der Waals surface area (Å²) in [5.41, 5.74) is 2.44. The first-order valence-corrected chi connectivity index (χ1v) is 10.0. The monoisotopic (exact) mass is 469 g/mol. The van der Waals surface area contributed by atoms with Crippen molar-refractivity contribution in [3.63, 3.8) is 0 Å². The Morgan fingerprint density at radius 2 is 1.87 bits per heavy atom. The van der Waals surface area contributed by atoms with Crippen molar-refractivity contribution in [1.82, 2.24) is 14.2 Å². The normalized spacial score (nSPS) is 12.1. The van der Waals surface area contributed by atoms with Crippen LogP contribution in [0.25, 0.3) is 16.8 Å². The fourth-order valence-electron chi connectivity index (χ4n) is 3.31. The van der Waals surface area contributed by atoms with Gasteiger partial charge in [-0.15, -0.1) is 0 Å². The third kappa shape index (κ3) is 3.83. The second-order valence-corrected chi connectivity index (χ2v) is 7.67. The number of hydrogen-bond acceptors (Lipinski definition) is 5. The molecular formula is C22H20BrN3O4. The average molecular weight is 470 g/mol. The number of methoxy groups -OCH3 is 2. The van der Waals surface area contributed by atoms with Gasteiger partial charge in [-0.25, -0.2) is 4.52 Å². The summed E-state index contributed by atoms with van der Waals surface area (Å²) in [6.07, 6.45) is 2.44. The topological polar surface area (TPSA) is 78.0 Å². The molecule has 2 heterocycles. The molecule has 0 bridgehead atoms. The van der Waals surface area contributed by atoms with Gasteiger partial charge < -0.3 is 19.1 Å². The van der Waals surface area contributed by atoms with Crippen LogP contribution in [-0.4, -0.2) is 33.5 Å². The molecule has 0 saturated carbocycles. The number of aromatic nitrogens is 3. The molecular weight excluding hydrogens is 450 g/mol. The molecule has 0 radical (unpaired) electrons. The first kappa shape index (κ1) is 20.2. The summed E-state index contributed by atoms with van der Waals surface area (Å²) < 4.78 is 14.5. The second kappa shape index (κ2) is 8.33. The van der Waals surface area contributed by atoms with Crippen LogP contribution in [0, 0.1) is 0 Å². The number of aliphatic hydroxyl groups is 1. The van der Waals surface area contributed by atoms with E-state index >= 15 is 0 Å². The van der Waals surface area contributed by atoms with Crippen LogP contribution in [0.15, 0.2) is 70.2 Å². The van der Waals surface area contributed by atoms with Crippen LogP contribution in [-0.2, 0) is 6.54 Å². The number of fused-ring (bicyclic) bond motifs is 1. The average Bonchev–Trinajstić information content (AvgIpc) is 3.20. The molecule has 4 aromatic rings. The summed E-state index contributed by atoms with van der Waals surface area (Å²) in [6, 6.07) is 14.7. The molecule has 0 unspecified atom stereocenters. The number of halogens is 1. The molecule has 2 aromatic carbocycles. The molecule has 4 rings (SSSR count). The van der Waals surface area contributed by atoms with Crippen molar-refractivity contribution < 1.29 is 14.6 Å². The number of hydrogen-bond donors (Lipinski definition) is 1. The van der Waals surface area contributed by atoms with Crippen LogP contribution >= 0.6 is 15.9 Å². The van der Waals surface area contributed by atoms with E-state index in [2.05, 4.69) is 21.0 Å². The first-order chi connectivity index (χ1) is 14.5. The summed E-state index contributed by atoms with van der Waals surface area (Å²) >= 11 is 3.45. The summed E-state index contributed by atoms with van der Waals surface area (Å²) in [4.78, 5) is 13.0. The molecule has 0 aliphatic heterocycles. The zero-order chi connectivity index (χ0) is 21.3. The molecule has 8 heteroatoms. The smallest absolute Gasteiger partial charge is 0.276 e. The van der Waals surface area contributed by atoms with E-state index in [9.17, 15) is 9.90 Å². The standard InChI is InChI=1S/C22H20BrN3O4/c1-29-20-7-6-15(11-21(20)30-2)19(27)13-25-8-9-26-18(22(25)28)12-17(24-26)14-4-3-5-16(23)10-14/h3-12,19,27H,13H2,1-2H3/t19-/m1/s1. The molecule has 154 valence electrons. The van der Waals surface area contributed by atoms with E-state index in [4.69, 9.17) is 9.47 Å². The van der Waals surface area contributed by atoms with Gasteiger partial charge in [-0.3, -0.25) is 4.79 Å². The summed E-state index contributed by atoms with van der Waals surface area (Å²) in [6.45, 7) is 0.0994. The maximum absolute atomic E-state index is 13.0. The number of ether oxygens (including phenoxy) is 2. The molecule has 1 atom stereocenters. The third-order valence-electron chi connectivity index (χ3n) is 4.89. The van der Waals surface area contributed by atoms with E-state index in [-0.39, 0.29) is 12.1 Å². The van der Waals surface area contributed by atoms with E-state index in [1.807, 2.05) is 24.3 Å². The highest BCUT2D eigenvalue weighted by molar-refractivity contribution is 9.10. The van der Waals surface area contributed by atoms with E-state index in [0.717, 1.165) is 10.0 Å². The van der Waals surface area contributed by atoms with E-state index in [1.165, 1.54) is 11.7 Å². The lowest BCUT2D eigenvalue weighted by atomic mass is 10.1. The summed E-state index contributed by atoms with van der Waals surface area (Å²) in [5.74, 6) is 1.10. The lowest BCUT2D eigenvalue weighted by molar-refractivity contribution is 0.154. The Labute approximate surface area is 181 Å². The Bertz CT molecular complexity index is 1260. The molecule has 0 saturated heterocycles. The molecule has 0 spiro atoms. The van der Waals surface area contributed by atoms with E-state index in [1.54, 1.807) is 48.3 Å². The van der Waals surface area contributed by atoms with Gasteiger partial charge in [0.05, 0.1) is 32.6 Å². The zero-order valence-electron chi connectivity index (χ0n) is 16.4. The Hall–Kier alpha value is -3.10. The fraction of sp³-hybridized carbons (Fsp3) is 0.182. The molecule has 0 aliphatic carbocycles. The summed E-state index contributed by atoms with van der Waals surface area (Å²) in [7, 11) is 3.09. The second-order valence-electron chi connectivity index (χ2n) is 6.76. The van der Waals surface area contributed by atoms with Crippen LogP contribution in [0.3, 0.4) is 0 Å². The molecule has 0 aliphatic rings. The Morgan fingerprint density at radius 3 is 2.60 bits per heavy atom. The Morgan fingerprint density at radius 1 is 1.07 bits per heavy atom. The lowest BCUT2D eigenvalue weighted by Crippen LogP contribution is -2.24. The fourth-order valence-corrected chi connectivity index (χ4v) is 3.71. The lowest BCUT2D eigenvalue weighted by Gasteiger charge is -2.15.